The molecule has 1 unspecified atom stereocenters. The van der Waals surface area contributed by atoms with Crippen LogP contribution >= 0.6 is 0 Å². The van der Waals surface area contributed by atoms with Gasteiger partial charge in [0, 0.05) is 18.7 Å². The molecule has 1 fully saturated rings. The minimum Gasteiger partial charge on any atom is -0.478 e. The first-order valence-electron chi connectivity index (χ1n) is 6.74. The van der Waals surface area contributed by atoms with Crippen LogP contribution in [0.2, 0.25) is 0 Å². The van der Waals surface area contributed by atoms with Gasteiger partial charge in [-0.2, -0.15) is 0 Å². The van der Waals surface area contributed by atoms with Crippen LogP contribution in [0.1, 0.15) is 46.9 Å². The molecule has 2 rings (SSSR count). The summed E-state index contributed by atoms with van der Waals surface area (Å²) in [5.74, 6) is -0.485. The second-order valence-electron chi connectivity index (χ2n) is 5.05. The van der Waals surface area contributed by atoms with Gasteiger partial charge >= 0.3 is 5.97 Å². The Morgan fingerprint density at radius 3 is 2.79 bits per heavy atom. The maximum atomic E-state index is 12.4. The van der Waals surface area contributed by atoms with Crippen molar-refractivity contribution >= 4 is 11.9 Å². The fourth-order valence-electron chi connectivity index (χ4n) is 2.55. The van der Waals surface area contributed by atoms with Gasteiger partial charge in [0.25, 0.3) is 5.91 Å². The van der Waals surface area contributed by atoms with Crippen molar-refractivity contribution in [3.05, 3.63) is 35.4 Å². The van der Waals surface area contributed by atoms with Gasteiger partial charge in [0.05, 0.1) is 5.56 Å². The Kier molecular flexibility index (Phi) is 4.20. The van der Waals surface area contributed by atoms with Crippen LogP contribution in [-0.2, 0) is 0 Å². The topological polar surface area (TPSA) is 57.6 Å². The molecule has 4 nitrogen and oxygen atoms in total. The SMILES string of the molecule is CCC1CCCN(C(=O)c2cccc(C(=O)O)c2)C1. The van der Waals surface area contributed by atoms with Crippen molar-refractivity contribution < 1.29 is 14.7 Å². The van der Waals surface area contributed by atoms with Crippen LogP contribution in [0.15, 0.2) is 24.3 Å². The molecule has 1 amide bonds. The van der Waals surface area contributed by atoms with Gasteiger partial charge in [-0.3, -0.25) is 4.79 Å². The summed E-state index contributed by atoms with van der Waals surface area (Å²) in [4.78, 5) is 25.1. The van der Waals surface area contributed by atoms with Crippen molar-refractivity contribution in [3.63, 3.8) is 0 Å². The van der Waals surface area contributed by atoms with Crippen molar-refractivity contribution in [2.45, 2.75) is 26.2 Å². The predicted molar refractivity (Wildman–Crippen MR) is 72.3 cm³/mol. The quantitative estimate of drug-likeness (QED) is 0.910. The van der Waals surface area contributed by atoms with Crippen LogP contribution in [0.25, 0.3) is 0 Å². The number of hydrogen-bond acceptors (Lipinski definition) is 2. The molecule has 1 atom stereocenters. The molecular formula is C15H19NO3. The lowest BCUT2D eigenvalue weighted by molar-refractivity contribution is 0.0671. The summed E-state index contributed by atoms with van der Waals surface area (Å²) < 4.78 is 0. The van der Waals surface area contributed by atoms with Gasteiger partial charge in [-0.15, -0.1) is 0 Å². The summed E-state index contributed by atoms with van der Waals surface area (Å²) in [7, 11) is 0. The van der Waals surface area contributed by atoms with Gasteiger partial charge in [0.15, 0.2) is 0 Å². The van der Waals surface area contributed by atoms with Crippen molar-refractivity contribution in [3.8, 4) is 0 Å². The zero-order valence-corrected chi connectivity index (χ0v) is 11.1. The third-order valence-electron chi connectivity index (χ3n) is 3.74. The van der Waals surface area contributed by atoms with E-state index < -0.39 is 5.97 Å². The molecule has 1 saturated heterocycles. The molecule has 1 aliphatic heterocycles. The van der Waals surface area contributed by atoms with Crippen LogP contribution in [-0.4, -0.2) is 35.0 Å². The standard InChI is InChI=1S/C15H19NO3/c1-2-11-5-4-8-16(10-11)14(17)12-6-3-7-13(9-12)15(18)19/h3,6-7,9,11H,2,4-5,8,10H2,1H3,(H,18,19). The normalized spacial score (nSPS) is 19.2. The lowest BCUT2D eigenvalue weighted by Gasteiger charge is -2.32. The lowest BCUT2D eigenvalue weighted by Crippen LogP contribution is -2.39. The third kappa shape index (κ3) is 3.13. The molecular weight excluding hydrogens is 242 g/mol. The van der Waals surface area contributed by atoms with Crippen molar-refractivity contribution in [1.82, 2.24) is 4.90 Å². The smallest absolute Gasteiger partial charge is 0.335 e. The fraction of sp³-hybridized carbons (Fsp3) is 0.467. The maximum absolute atomic E-state index is 12.4. The van der Waals surface area contributed by atoms with Gasteiger partial charge in [0.1, 0.15) is 0 Å². The molecule has 0 aliphatic carbocycles. The highest BCUT2D eigenvalue weighted by Crippen LogP contribution is 2.21. The van der Waals surface area contributed by atoms with E-state index in [4.69, 9.17) is 5.11 Å². The second-order valence-corrected chi connectivity index (χ2v) is 5.05. The van der Waals surface area contributed by atoms with E-state index in [0.29, 0.717) is 11.5 Å². The van der Waals surface area contributed by atoms with Crippen molar-refractivity contribution in [1.29, 1.82) is 0 Å². The van der Waals surface area contributed by atoms with Gasteiger partial charge in [-0.05, 0) is 37.0 Å². The number of carbonyl (C=O) groups is 2. The van der Waals surface area contributed by atoms with Crippen LogP contribution in [0.4, 0.5) is 0 Å². The van der Waals surface area contributed by atoms with Gasteiger partial charge in [-0.25, -0.2) is 4.79 Å². The largest absolute Gasteiger partial charge is 0.478 e. The summed E-state index contributed by atoms with van der Waals surface area (Å²) >= 11 is 0. The molecule has 1 aliphatic rings. The zero-order chi connectivity index (χ0) is 13.8. The molecule has 4 heteroatoms. The number of amides is 1. The van der Waals surface area contributed by atoms with E-state index >= 15 is 0 Å². The molecule has 0 radical (unpaired) electrons. The Bertz CT molecular complexity index is 484. The average Bonchev–Trinajstić information content (AvgIpc) is 2.46. The Morgan fingerprint density at radius 2 is 2.11 bits per heavy atom. The molecule has 0 spiro atoms. The molecule has 0 aromatic heterocycles. The number of hydrogen-bond donors (Lipinski definition) is 1. The molecule has 1 heterocycles. The molecule has 1 N–H and O–H groups in total. The first-order valence-corrected chi connectivity index (χ1v) is 6.74. The number of rotatable bonds is 3. The molecule has 102 valence electrons. The number of nitrogens with zero attached hydrogens (tertiary/aromatic N) is 1. The number of piperidine rings is 1. The number of carboxylic acids is 1. The first-order chi connectivity index (χ1) is 9.11. The van der Waals surface area contributed by atoms with Crippen molar-refractivity contribution in [2.75, 3.05) is 13.1 Å². The Morgan fingerprint density at radius 1 is 1.37 bits per heavy atom. The van der Waals surface area contributed by atoms with Gasteiger partial charge in [-0.1, -0.05) is 19.4 Å². The predicted octanol–water partition coefficient (Wildman–Crippen LogP) is 2.65. The maximum Gasteiger partial charge on any atom is 0.335 e. The van der Waals surface area contributed by atoms with Crippen LogP contribution in [0, 0.1) is 5.92 Å². The minimum atomic E-state index is -1.00. The number of carboxylic acid groups (broad SMARTS) is 1. The summed E-state index contributed by atoms with van der Waals surface area (Å²) in [6, 6.07) is 6.27. The molecule has 0 bridgehead atoms. The highest BCUT2D eigenvalue weighted by atomic mass is 16.4. The Labute approximate surface area is 113 Å². The summed E-state index contributed by atoms with van der Waals surface area (Å²) in [6.45, 7) is 3.70. The Hall–Kier alpha value is -1.84. The summed E-state index contributed by atoms with van der Waals surface area (Å²) in [6.07, 6.45) is 3.29. The Balaban J connectivity index is 2.14. The zero-order valence-electron chi connectivity index (χ0n) is 11.1. The molecule has 1 aromatic carbocycles. The number of likely N-dealkylation sites (tertiary alicyclic amines) is 1. The van der Waals surface area contributed by atoms with E-state index in [-0.39, 0.29) is 11.5 Å². The van der Waals surface area contributed by atoms with E-state index in [1.807, 2.05) is 4.90 Å². The van der Waals surface area contributed by atoms with Crippen LogP contribution in [0.5, 0.6) is 0 Å². The van der Waals surface area contributed by atoms with E-state index in [1.165, 1.54) is 18.6 Å². The fourth-order valence-corrected chi connectivity index (χ4v) is 2.55. The number of carbonyl (C=O) groups excluding carboxylic acids is 1. The molecule has 19 heavy (non-hydrogen) atoms. The minimum absolute atomic E-state index is 0.0544. The summed E-state index contributed by atoms with van der Waals surface area (Å²) in [5, 5.41) is 8.96. The average molecular weight is 261 g/mol. The highest BCUT2D eigenvalue weighted by Gasteiger charge is 2.23. The van der Waals surface area contributed by atoms with Crippen LogP contribution < -0.4 is 0 Å². The van der Waals surface area contributed by atoms with E-state index in [9.17, 15) is 9.59 Å². The highest BCUT2D eigenvalue weighted by molar-refractivity contribution is 5.97. The second kappa shape index (κ2) is 5.87. The number of aromatic carboxylic acids is 1. The molecule has 0 saturated carbocycles. The lowest BCUT2D eigenvalue weighted by atomic mass is 9.95. The van der Waals surface area contributed by atoms with E-state index in [2.05, 4.69) is 6.92 Å². The third-order valence-corrected chi connectivity index (χ3v) is 3.74. The monoisotopic (exact) mass is 261 g/mol. The van der Waals surface area contributed by atoms with E-state index in [1.54, 1.807) is 12.1 Å². The van der Waals surface area contributed by atoms with E-state index in [0.717, 1.165) is 25.9 Å². The number of benzene rings is 1. The first kappa shape index (κ1) is 13.6. The van der Waals surface area contributed by atoms with Gasteiger partial charge in [0.2, 0.25) is 0 Å². The molecule has 1 aromatic rings. The summed E-state index contributed by atoms with van der Waals surface area (Å²) in [5.41, 5.74) is 0.631. The van der Waals surface area contributed by atoms with Crippen LogP contribution in [0.3, 0.4) is 0 Å². The van der Waals surface area contributed by atoms with Gasteiger partial charge < -0.3 is 10.0 Å². The van der Waals surface area contributed by atoms with Crippen molar-refractivity contribution in [2.24, 2.45) is 5.92 Å².